The molecule has 1 aliphatic heterocycles. The summed E-state index contributed by atoms with van der Waals surface area (Å²) in [5.41, 5.74) is 1.51. The van der Waals surface area contributed by atoms with E-state index in [0.29, 0.717) is 36.2 Å². The van der Waals surface area contributed by atoms with Crippen LogP contribution in [0.3, 0.4) is 0 Å². The Morgan fingerprint density at radius 1 is 1.03 bits per heavy atom. The van der Waals surface area contributed by atoms with Crippen molar-refractivity contribution in [1.82, 2.24) is 5.32 Å². The van der Waals surface area contributed by atoms with Crippen molar-refractivity contribution in [3.63, 3.8) is 0 Å². The number of benzene rings is 2. The lowest BCUT2D eigenvalue weighted by molar-refractivity contribution is -0.137. The van der Waals surface area contributed by atoms with E-state index in [9.17, 15) is 21.6 Å². The second-order valence-electron chi connectivity index (χ2n) is 6.92. The van der Waals surface area contributed by atoms with E-state index in [4.69, 9.17) is 5.11 Å². The first kappa shape index (κ1) is 21.5. The SMILES string of the molecule is CC1=C(c2ccc(C(F)(F)F)cc2)c2ccc(CCCNCCO)cc2S1(=O)=O. The van der Waals surface area contributed by atoms with Crippen molar-refractivity contribution in [1.29, 1.82) is 0 Å². The zero-order chi connectivity index (χ0) is 21.2. The molecular weight excluding hydrogens is 403 g/mol. The molecule has 1 heterocycles. The maximum Gasteiger partial charge on any atom is 0.416 e. The quantitative estimate of drug-likeness (QED) is 0.663. The number of nitrogens with one attached hydrogen (secondary N) is 1. The summed E-state index contributed by atoms with van der Waals surface area (Å²) >= 11 is 0. The first-order valence-electron chi connectivity index (χ1n) is 9.24. The van der Waals surface area contributed by atoms with Crippen molar-refractivity contribution in [2.45, 2.75) is 30.8 Å². The number of sulfone groups is 1. The molecule has 156 valence electrons. The standard InChI is InChI=1S/C21H22F3NO3S/c1-14-20(16-5-7-17(8-6-16)21(22,23)24)18-9-4-15(3-2-10-25-11-12-26)13-19(18)29(14,27)28/h4-9,13,25-26H,2-3,10-12H2,1H3. The molecule has 0 bridgehead atoms. The van der Waals surface area contributed by atoms with E-state index >= 15 is 0 Å². The Kier molecular flexibility index (Phi) is 6.16. The van der Waals surface area contributed by atoms with Crippen LogP contribution in [-0.4, -0.2) is 33.2 Å². The lowest BCUT2D eigenvalue weighted by atomic mass is 9.95. The lowest BCUT2D eigenvalue weighted by Gasteiger charge is -2.10. The van der Waals surface area contributed by atoms with Crippen LogP contribution in [0.15, 0.2) is 52.3 Å². The average molecular weight is 425 g/mol. The van der Waals surface area contributed by atoms with Gasteiger partial charge in [0.25, 0.3) is 0 Å². The molecule has 0 saturated heterocycles. The normalized spacial score (nSPS) is 15.6. The third kappa shape index (κ3) is 4.39. The monoisotopic (exact) mass is 425 g/mol. The summed E-state index contributed by atoms with van der Waals surface area (Å²) in [6.07, 6.45) is -2.98. The fourth-order valence-electron chi connectivity index (χ4n) is 3.45. The van der Waals surface area contributed by atoms with Gasteiger partial charge < -0.3 is 10.4 Å². The Balaban J connectivity index is 1.90. The number of halogens is 3. The summed E-state index contributed by atoms with van der Waals surface area (Å²) in [6.45, 7) is 2.77. The van der Waals surface area contributed by atoms with Crippen molar-refractivity contribution in [2.75, 3.05) is 19.7 Å². The number of rotatable bonds is 7. The number of aliphatic hydroxyl groups excluding tert-OH is 1. The van der Waals surface area contributed by atoms with Crippen LogP contribution in [0.4, 0.5) is 13.2 Å². The Hall–Kier alpha value is -2.16. The van der Waals surface area contributed by atoms with E-state index in [1.807, 2.05) is 6.07 Å². The molecule has 29 heavy (non-hydrogen) atoms. The summed E-state index contributed by atoms with van der Waals surface area (Å²) < 4.78 is 64.2. The molecule has 2 aromatic carbocycles. The van der Waals surface area contributed by atoms with Gasteiger partial charge in [-0.25, -0.2) is 8.42 Å². The zero-order valence-corrected chi connectivity index (χ0v) is 16.7. The molecule has 0 radical (unpaired) electrons. The molecule has 0 atom stereocenters. The van der Waals surface area contributed by atoms with Gasteiger partial charge in [0.2, 0.25) is 9.84 Å². The highest BCUT2D eigenvalue weighted by Crippen LogP contribution is 2.43. The fraction of sp³-hybridized carbons (Fsp3) is 0.333. The van der Waals surface area contributed by atoms with Gasteiger partial charge in [0, 0.05) is 17.7 Å². The van der Waals surface area contributed by atoms with Crippen LogP contribution in [0.5, 0.6) is 0 Å². The third-order valence-electron chi connectivity index (χ3n) is 4.97. The lowest BCUT2D eigenvalue weighted by Crippen LogP contribution is -2.19. The molecule has 1 aliphatic rings. The maximum absolute atomic E-state index is 12.9. The summed E-state index contributed by atoms with van der Waals surface area (Å²) in [5, 5.41) is 11.8. The van der Waals surface area contributed by atoms with Gasteiger partial charge in [-0.1, -0.05) is 24.3 Å². The third-order valence-corrected chi connectivity index (χ3v) is 6.90. The van der Waals surface area contributed by atoms with Gasteiger partial charge in [0.1, 0.15) is 0 Å². The predicted molar refractivity (Wildman–Crippen MR) is 105 cm³/mol. The van der Waals surface area contributed by atoms with Gasteiger partial charge >= 0.3 is 6.18 Å². The summed E-state index contributed by atoms with van der Waals surface area (Å²) in [7, 11) is -3.67. The average Bonchev–Trinajstić information content (AvgIpc) is 2.87. The Morgan fingerprint density at radius 3 is 2.34 bits per heavy atom. The highest BCUT2D eigenvalue weighted by molar-refractivity contribution is 7.95. The van der Waals surface area contributed by atoms with Gasteiger partial charge in [0.15, 0.2) is 0 Å². The molecular formula is C21H22F3NO3S. The minimum atomic E-state index is -4.44. The van der Waals surface area contributed by atoms with Crippen LogP contribution < -0.4 is 5.32 Å². The van der Waals surface area contributed by atoms with Crippen molar-refractivity contribution in [2.24, 2.45) is 0 Å². The highest BCUT2D eigenvalue weighted by atomic mass is 32.2. The van der Waals surface area contributed by atoms with Crippen LogP contribution in [-0.2, 0) is 22.4 Å². The highest BCUT2D eigenvalue weighted by Gasteiger charge is 2.34. The minimum absolute atomic E-state index is 0.0642. The molecule has 0 aromatic heterocycles. The molecule has 8 heteroatoms. The summed E-state index contributed by atoms with van der Waals surface area (Å²) in [6, 6.07) is 9.79. The van der Waals surface area contributed by atoms with E-state index in [1.54, 1.807) is 12.1 Å². The number of hydrogen-bond donors (Lipinski definition) is 2. The van der Waals surface area contributed by atoms with Crippen molar-refractivity contribution in [3.8, 4) is 0 Å². The van der Waals surface area contributed by atoms with Gasteiger partial charge in [0.05, 0.1) is 22.0 Å². The fourth-order valence-corrected chi connectivity index (χ4v) is 5.04. The second kappa shape index (κ2) is 8.30. The molecule has 0 amide bonds. The maximum atomic E-state index is 12.9. The van der Waals surface area contributed by atoms with Crippen LogP contribution >= 0.6 is 0 Å². The second-order valence-corrected chi connectivity index (χ2v) is 8.98. The van der Waals surface area contributed by atoms with Crippen LogP contribution in [0.25, 0.3) is 5.57 Å². The first-order chi connectivity index (χ1) is 13.7. The number of alkyl halides is 3. The number of aliphatic hydroxyl groups is 1. The van der Waals surface area contributed by atoms with Crippen molar-refractivity contribution < 1.29 is 26.7 Å². The number of allylic oxidation sites excluding steroid dienone is 1. The molecule has 4 nitrogen and oxygen atoms in total. The molecule has 2 aromatic rings. The van der Waals surface area contributed by atoms with Crippen molar-refractivity contribution in [3.05, 3.63) is 69.6 Å². The first-order valence-corrected chi connectivity index (χ1v) is 10.7. The van der Waals surface area contributed by atoms with Gasteiger partial charge in [-0.15, -0.1) is 0 Å². The molecule has 3 rings (SSSR count). The minimum Gasteiger partial charge on any atom is -0.395 e. The number of hydrogen-bond acceptors (Lipinski definition) is 4. The van der Waals surface area contributed by atoms with Crippen molar-refractivity contribution >= 4 is 15.4 Å². The van der Waals surface area contributed by atoms with Crippen LogP contribution in [0.2, 0.25) is 0 Å². The van der Waals surface area contributed by atoms with E-state index in [1.165, 1.54) is 19.1 Å². The smallest absolute Gasteiger partial charge is 0.395 e. The molecule has 0 saturated carbocycles. The molecule has 0 unspecified atom stereocenters. The molecule has 0 spiro atoms. The van der Waals surface area contributed by atoms with E-state index in [0.717, 1.165) is 24.1 Å². The van der Waals surface area contributed by atoms with Crippen LogP contribution in [0.1, 0.15) is 35.6 Å². The largest absolute Gasteiger partial charge is 0.416 e. The van der Waals surface area contributed by atoms with Crippen LogP contribution in [0, 0.1) is 0 Å². The van der Waals surface area contributed by atoms with Gasteiger partial charge in [-0.2, -0.15) is 13.2 Å². The Morgan fingerprint density at radius 2 is 1.72 bits per heavy atom. The van der Waals surface area contributed by atoms with Gasteiger partial charge in [-0.05, 0) is 55.6 Å². The molecule has 2 N–H and O–H groups in total. The predicted octanol–water partition coefficient (Wildman–Crippen LogP) is 3.79. The number of aryl methyl sites for hydroxylation is 1. The Labute approximate surface area is 168 Å². The summed E-state index contributed by atoms with van der Waals surface area (Å²) in [4.78, 5) is 0.347. The van der Waals surface area contributed by atoms with E-state index in [2.05, 4.69) is 5.32 Å². The van der Waals surface area contributed by atoms with E-state index in [-0.39, 0.29) is 16.4 Å². The molecule has 0 aliphatic carbocycles. The van der Waals surface area contributed by atoms with E-state index < -0.39 is 21.6 Å². The molecule has 0 fully saturated rings. The van der Waals surface area contributed by atoms with Gasteiger partial charge in [-0.3, -0.25) is 0 Å². The topological polar surface area (TPSA) is 66.4 Å². The summed E-state index contributed by atoms with van der Waals surface area (Å²) in [5.74, 6) is 0. The Bertz CT molecular complexity index is 1030. The number of fused-ring (bicyclic) bond motifs is 1. The zero-order valence-electron chi connectivity index (χ0n) is 15.9.